The second kappa shape index (κ2) is 7.56. The monoisotopic (exact) mass is 327 g/mol. The SMILES string of the molecule is COCCOc1ccc(CNS(=O)(=O)c2cccs2)cc1. The fourth-order valence-corrected chi connectivity index (χ4v) is 3.67. The van der Waals surface area contributed by atoms with Gasteiger partial charge in [-0.1, -0.05) is 18.2 Å². The van der Waals surface area contributed by atoms with E-state index in [2.05, 4.69) is 4.72 Å². The Hall–Kier alpha value is -1.41. The lowest BCUT2D eigenvalue weighted by atomic mass is 10.2. The molecule has 0 fully saturated rings. The van der Waals surface area contributed by atoms with Gasteiger partial charge in [0.15, 0.2) is 0 Å². The van der Waals surface area contributed by atoms with E-state index in [0.717, 1.165) is 11.3 Å². The Morgan fingerprint density at radius 3 is 2.52 bits per heavy atom. The molecular weight excluding hydrogens is 310 g/mol. The van der Waals surface area contributed by atoms with Crippen molar-refractivity contribution in [1.82, 2.24) is 4.72 Å². The molecule has 21 heavy (non-hydrogen) atoms. The highest BCUT2D eigenvalue weighted by atomic mass is 32.2. The molecule has 2 rings (SSSR count). The van der Waals surface area contributed by atoms with Gasteiger partial charge in [0.2, 0.25) is 10.0 Å². The highest BCUT2D eigenvalue weighted by molar-refractivity contribution is 7.91. The Kier molecular flexibility index (Phi) is 5.75. The lowest BCUT2D eigenvalue weighted by Gasteiger charge is -2.07. The minimum atomic E-state index is -3.42. The van der Waals surface area contributed by atoms with Crippen LogP contribution in [0, 0.1) is 0 Å². The molecule has 0 radical (unpaired) electrons. The average molecular weight is 327 g/mol. The van der Waals surface area contributed by atoms with Crippen molar-refractivity contribution >= 4 is 21.4 Å². The molecule has 0 spiro atoms. The highest BCUT2D eigenvalue weighted by Crippen LogP contribution is 2.16. The van der Waals surface area contributed by atoms with Crippen molar-refractivity contribution in [2.75, 3.05) is 20.3 Å². The largest absolute Gasteiger partial charge is 0.491 e. The standard InChI is InChI=1S/C14H17NO4S2/c1-18-8-9-19-13-6-4-12(5-7-13)11-15-21(16,17)14-3-2-10-20-14/h2-7,10,15H,8-9,11H2,1H3. The first-order chi connectivity index (χ1) is 10.1. The first kappa shape index (κ1) is 16.0. The molecule has 0 amide bonds. The molecule has 7 heteroatoms. The predicted octanol–water partition coefficient (Wildman–Crippen LogP) is 2.25. The second-order valence-corrected chi connectivity index (χ2v) is 7.18. The fourth-order valence-electron chi connectivity index (χ4n) is 1.61. The van der Waals surface area contributed by atoms with Gasteiger partial charge in [-0.2, -0.15) is 0 Å². The summed E-state index contributed by atoms with van der Waals surface area (Å²) >= 11 is 1.20. The smallest absolute Gasteiger partial charge is 0.250 e. The molecule has 1 heterocycles. The summed E-state index contributed by atoms with van der Waals surface area (Å²) in [7, 11) is -1.80. The van der Waals surface area contributed by atoms with Crippen molar-refractivity contribution < 1.29 is 17.9 Å². The first-order valence-electron chi connectivity index (χ1n) is 6.35. The van der Waals surface area contributed by atoms with E-state index in [-0.39, 0.29) is 6.54 Å². The topological polar surface area (TPSA) is 64.6 Å². The van der Waals surface area contributed by atoms with Gasteiger partial charge in [0.1, 0.15) is 16.6 Å². The lowest BCUT2D eigenvalue weighted by molar-refractivity contribution is 0.146. The average Bonchev–Trinajstić information content (AvgIpc) is 3.02. The summed E-state index contributed by atoms with van der Waals surface area (Å²) in [6, 6.07) is 10.6. The van der Waals surface area contributed by atoms with Crippen LogP contribution in [0.25, 0.3) is 0 Å². The molecule has 0 unspecified atom stereocenters. The van der Waals surface area contributed by atoms with E-state index in [1.807, 2.05) is 24.3 Å². The van der Waals surface area contributed by atoms with Crippen molar-refractivity contribution in [1.29, 1.82) is 0 Å². The van der Waals surface area contributed by atoms with Crippen LogP contribution >= 0.6 is 11.3 Å². The molecule has 0 atom stereocenters. The minimum Gasteiger partial charge on any atom is -0.491 e. The zero-order valence-corrected chi connectivity index (χ0v) is 13.2. The lowest BCUT2D eigenvalue weighted by Crippen LogP contribution is -2.22. The second-order valence-electron chi connectivity index (χ2n) is 4.24. The highest BCUT2D eigenvalue weighted by Gasteiger charge is 2.14. The maximum Gasteiger partial charge on any atom is 0.250 e. The maximum atomic E-state index is 12.0. The summed E-state index contributed by atoms with van der Waals surface area (Å²) in [6.07, 6.45) is 0. The normalized spacial score (nSPS) is 11.5. The molecule has 114 valence electrons. The molecule has 0 aliphatic rings. The van der Waals surface area contributed by atoms with E-state index in [4.69, 9.17) is 9.47 Å². The van der Waals surface area contributed by atoms with Crippen LogP contribution in [0.5, 0.6) is 5.75 Å². The van der Waals surface area contributed by atoms with Crippen LogP contribution in [-0.2, 0) is 21.3 Å². The van der Waals surface area contributed by atoms with Gasteiger partial charge in [-0.3, -0.25) is 0 Å². The minimum absolute atomic E-state index is 0.249. The number of sulfonamides is 1. The molecule has 1 N–H and O–H groups in total. The molecule has 0 bridgehead atoms. The van der Waals surface area contributed by atoms with E-state index in [9.17, 15) is 8.42 Å². The number of ether oxygens (including phenoxy) is 2. The van der Waals surface area contributed by atoms with E-state index < -0.39 is 10.0 Å². The zero-order valence-electron chi connectivity index (χ0n) is 11.6. The van der Waals surface area contributed by atoms with Crippen LogP contribution in [0.4, 0.5) is 0 Å². The van der Waals surface area contributed by atoms with Crippen molar-refractivity contribution in [3.63, 3.8) is 0 Å². The van der Waals surface area contributed by atoms with Crippen molar-refractivity contribution in [3.05, 3.63) is 47.3 Å². The Morgan fingerprint density at radius 2 is 1.90 bits per heavy atom. The van der Waals surface area contributed by atoms with Crippen molar-refractivity contribution in [3.8, 4) is 5.75 Å². The van der Waals surface area contributed by atoms with E-state index in [1.165, 1.54) is 11.3 Å². The Labute approximate surface area is 128 Å². The third-order valence-corrected chi connectivity index (χ3v) is 5.50. The van der Waals surface area contributed by atoms with Crippen LogP contribution in [0.15, 0.2) is 46.0 Å². The van der Waals surface area contributed by atoms with Gasteiger partial charge in [-0.25, -0.2) is 13.1 Å². The van der Waals surface area contributed by atoms with Crippen molar-refractivity contribution in [2.45, 2.75) is 10.8 Å². The van der Waals surface area contributed by atoms with Gasteiger partial charge in [0.05, 0.1) is 6.61 Å². The number of hydrogen-bond acceptors (Lipinski definition) is 5. The molecular formula is C14H17NO4S2. The number of methoxy groups -OCH3 is 1. The summed E-state index contributed by atoms with van der Waals surface area (Å²) < 4.78 is 37.2. The fraction of sp³-hybridized carbons (Fsp3) is 0.286. The van der Waals surface area contributed by atoms with Gasteiger partial charge in [0, 0.05) is 13.7 Å². The van der Waals surface area contributed by atoms with Gasteiger partial charge in [-0.05, 0) is 29.1 Å². The Bertz CT molecular complexity index is 636. The van der Waals surface area contributed by atoms with Gasteiger partial charge in [-0.15, -0.1) is 11.3 Å². The van der Waals surface area contributed by atoms with Crippen LogP contribution in [0.1, 0.15) is 5.56 Å². The van der Waals surface area contributed by atoms with Crippen molar-refractivity contribution in [2.24, 2.45) is 0 Å². The summed E-state index contributed by atoms with van der Waals surface area (Å²) in [5.74, 6) is 0.733. The molecule has 5 nitrogen and oxygen atoms in total. The zero-order chi connectivity index (χ0) is 15.1. The van der Waals surface area contributed by atoms with Gasteiger partial charge < -0.3 is 9.47 Å². The third-order valence-electron chi connectivity index (χ3n) is 2.71. The quantitative estimate of drug-likeness (QED) is 0.755. The summed E-state index contributed by atoms with van der Waals surface area (Å²) in [4.78, 5) is 0. The molecule has 0 saturated carbocycles. The summed E-state index contributed by atoms with van der Waals surface area (Å²) in [6.45, 7) is 1.27. The van der Waals surface area contributed by atoms with Crippen LogP contribution in [0.3, 0.4) is 0 Å². The van der Waals surface area contributed by atoms with Gasteiger partial charge in [0.25, 0.3) is 0 Å². The van der Waals surface area contributed by atoms with E-state index in [0.29, 0.717) is 17.4 Å². The molecule has 1 aromatic carbocycles. The molecule has 0 aliphatic heterocycles. The van der Waals surface area contributed by atoms with E-state index >= 15 is 0 Å². The number of benzene rings is 1. The Balaban J connectivity index is 1.89. The summed E-state index contributed by atoms with van der Waals surface area (Å²) in [5.41, 5.74) is 0.870. The number of hydrogen-bond donors (Lipinski definition) is 1. The first-order valence-corrected chi connectivity index (χ1v) is 8.72. The Morgan fingerprint density at radius 1 is 1.14 bits per heavy atom. The molecule has 0 aliphatic carbocycles. The molecule has 0 saturated heterocycles. The van der Waals surface area contributed by atoms with E-state index in [1.54, 1.807) is 24.6 Å². The number of rotatable bonds is 8. The van der Waals surface area contributed by atoms with Gasteiger partial charge >= 0.3 is 0 Å². The van der Waals surface area contributed by atoms with Crippen LogP contribution in [-0.4, -0.2) is 28.7 Å². The molecule has 1 aromatic heterocycles. The number of nitrogens with one attached hydrogen (secondary N) is 1. The molecule has 2 aromatic rings. The number of thiophene rings is 1. The van der Waals surface area contributed by atoms with Crippen LogP contribution in [0.2, 0.25) is 0 Å². The predicted molar refractivity (Wildman–Crippen MR) is 82.2 cm³/mol. The third kappa shape index (κ3) is 4.82. The summed E-state index contributed by atoms with van der Waals surface area (Å²) in [5, 5.41) is 1.74. The maximum absolute atomic E-state index is 12.0. The van der Waals surface area contributed by atoms with Crippen LogP contribution < -0.4 is 9.46 Å².